The summed E-state index contributed by atoms with van der Waals surface area (Å²) in [6, 6.07) is 0. The van der Waals surface area contributed by atoms with Crippen molar-refractivity contribution in [2.45, 2.75) is 57.5 Å². The van der Waals surface area contributed by atoms with Crippen LogP contribution in [-0.4, -0.2) is 19.3 Å². The summed E-state index contributed by atoms with van der Waals surface area (Å²) in [5.74, 6) is 5.12. The fraction of sp³-hybridized carbons (Fsp3) is 0.750. The molecule has 0 atom stereocenters. The zero-order valence-electron chi connectivity index (χ0n) is 12.3. The van der Waals surface area contributed by atoms with Crippen LogP contribution in [0, 0.1) is 5.92 Å². The minimum Gasteiger partial charge on any atom is -0.370 e. The zero-order chi connectivity index (χ0) is 13.6. The van der Waals surface area contributed by atoms with Crippen LogP contribution < -0.4 is 0 Å². The average molecular weight is 282 g/mol. The summed E-state index contributed by atoms with van der Waals surface area (Å²) in [4.78, 5) is 0. The molecular formula is C16H27O2P. The van der Waals surface area contributed by atoms with Crippen molar-refractivity contribution in [3.05, 3.63) is 23.8 Å². The van der Waals surface area contributed by atoms with Crippen molar-refractivity contribution in [1.29, 1.82) is 0 Å². The molecule has 3 heteroatoms. The van der Waals surface area contributed by atoms with Crippen LogP contribution in [0.3, 0.4) is 0 Å². The first kappa shape index (κ1) is 15.2. The fourth-order valence-corrected chi connectivity index (χ4v) is 4.39. The average Bonchev–Trinajstić information content (AvgIpc) is 2.49. The molecule has 0 bridgehead atoms. The lowest BCUT2D eigenvalue weighted by Crippen LogP contribution is -2.38. The third-order valence-corrected chi connectivity index (χ3v) is 5.67. The van der Waals surface area contributed by atoms with Crippen LogP contribution in [0.4, 0.5) is 0 Å². The van der Waals surface area contributed by atoms with E-state index in [4.69, 9.17) is 9.26 Å². The van der Waals surface area contributed by atoms with E-state index >= 15 is 0 Å². The Labute approximate surface area is 119 Å². The molecule has 1 heterocycles. The molecule has 0 radical (unpaired) electrons. The maximum Gasteiger partial charge on any atom is 0.108 e. The normalized spacial score (nSPS) is 31.8. The molecule has 19 heavy (non-hydrogen) atoms. The molecule has 1 aliphatic carbocycles. The Morgan fingerprint density at radius 1 is 1.16 bits per heavy atom. The number of rotatable bonds is 6. The van der Waals surface area contributed by atoms with Gasteiger partial charge in [0.05, 0.1) is 14.8 Å². The number of hydrogen-bond acceptors (Lipinski definition) is 2. The van der Waals surface area contributed by atoms with Gasteiger partial charge < -0.3 is 9.26 Å². The van der Waals surface area contributed by atoms with Crippen LogP contribution in [0.2, 0.25) is 0 Å². The molecule has 1 fully saturated rings. The maximum atomic E-state index is 5.88. The summed E-state index contributed by atoms with van der Waals surface area (Å²) < 4.78 is 11.8. The highest BCUT2D eigenvalue weighted by Gasteiger charge is 2.36. The van der Waals surface area contributed by atoms with Crippen LogP contribution in [0.25, 0.3) is 0 Å². The van der Waals surface area contributed by atoms with Gasteiger partial charge in [0.15, 0.2) is 0 Å². The molecule has 1 saturated carbocycles. The van der Waals surface area contributed by atoms with Gasteiger partial charge in [-0.15, -0.1) is 0 Å². The van der Waals surface area contributed by atoms with Crippen molar-refractivity contribution in [2.75, 3.05) is 13.7 Å². The minimum absolute atomic E-state index is 0.159. The Kier molecular flexibility index (Phi) is 6.06. The van der Waals surface area contributed by atoms with E-state index in [1.807, 2.05) is 7.11 Å². The highest BCUT2D eigenvalue weighted by Crippen LogP contribution is 2.48. The molecule has 0 aromatic rings. The molecule has 0 unspecified atom stereocenters. The van der Waals surface area contributed by atoms with E-state index in [-0.39, 0.29) is 5.60 Å². The topological polar surface area (TPSA) is 18.5 Å². The van der Waals surface area contributed by atoms with E-state index in [9.17, 15) is 0 Å². The quantitative estimate of drug-likeness (QED) is 0.492. The van der Waals surface area contributed by atoms with Gasteiger partial charge in [-0.3, -0.25) is 0 Å². The zero-order valence-corrected chi connectivity index (χ0v) is 13.2. The van der Waals surface area contributed by atoms with Crippen LogP contribution in [0.5, 0.6) is 0 Å². The molecule has 0 aromatic heterocycles. The molecule has 0 saturated heterocycles. The lowest BCUT2D eigenvalue weighted by Gasteiger charge is -2.39. The largest absolute Gasteiger partial charge is 0.370 e. The molecular weight excluding hydrogens is 255 g/mol. The van der Waals surface area contributed by atoms with Gasteiger partial charge in [0, 0.05) is 7.11 Å². The van der Waals surface area contributed by atoms with Crippen LogP contribution in [-0.2, 0) is 9.26 Å². The van der Waals surface area contributed by atoms with Crippen molar-refractivity contribution in [3.63, 3.8) is 0 Å². The van der Waals surface area contributed by atoms with E-state index in [1.165, 1.54) is 38.5 Å². The van der Waals surface area contributed by atoms with E-state index in [1.54, 1.807) is 0 Å². The Morgan fingerprint density at radius 3 is 2.42 bits per heavy atom. The molecule has 1 aliphatic heterocycles. The van der Waals surface area contributed by atoms with Gasteiger partial charge in [0.2, 0.25) is 0 Å². The predicted molar refractivity (Wildman–Crippen MR) is 82.4 cm³/mol. The van der Waals surface area contributed by atoms with Crippen LogP contribution in [0.15, 0.2) is 23.8 Å². The van der Waals surface area contributed by atoms with Crippen molar-refractivity contribution < 1.29 is 9.26 Å². The van der Waals surface area contributed by atoms with Crippen LogP contribution in [0.1, 0.15) is 51.9 Å². The molecule has 0 spiro atoms. The highest BCUT2D eigenvalue weighted by molar-refractivity contribution is 7.59. The molecule has 0 aromatic carbocycles. The van der Waals surface area contributed by atoms with Gasteiger partial charge in [-0.1, -0.05) is 32.6 Å². The first-order valence-electron chi connectivity index (χ1n) is 7.66. The smallest absolute Gasteiger partial charge is 0.108 e. The monoisotopic (exact) mass is 282 g/mol. The third-order valence-electron chi connectivity index (χ3n) is 4.30. The number of unbranched alkanes of at least 4 members (excludes halogenated alkanes) is 1. The molecule has 2 aliphatic rings. The Morgan fingerprint density at radius 2 is 1.84 bits per heavy atom. The standard InChI is InChI=1S/C16H27O2P/c1-3-4-12-18-19-13-10-16(17-2,11-14-19)15-8-6-5-7-9-15/h10-11,13-15H,3-9,12H2,1-2H3. The van der Waals surface area contributed by atoms with E-state index in [0.717, 1.165) is 13.0 Å². The summed E-state index contributed by atoms with van der Waals surface area (Å²) in [6.45, 7) is 3.07. The molecule has 2 nitrogen and oxygen atoms in total. The number of methoxy groups -OCH3 is 1. The van der Waals surface area contributed by atoms with Crippen LogP contribution >= 0.6 is 8.15 Å². The molecule has 108 valence electrons. The van der Waals surface area contributed by atoms with Gasteiger partial charge in [-0.25, -0.2) is 0 Å². The molecule has 2 rings (SSSR count). The summed E-state index contributed by atoms with van der Waals surface area (Å²) in [5, 5.41) is 0. The third kappa shape index (κ3) is 3.90. The summed E-state index contributed by atoms with van der Waals surface area (Å²) in [7, 11) is 1.33. The van der Waals surface area contributed by atoms with Gasteiger partial charge in [-0.2, -0.15) is 0 Å². The predicted octanol–water partition coefficient (Wildman–Crippen LogP) is 5.21. The minimum atomic E-state index is -0.510. The summed E-state index contributed by atoms with van der Waals surface area (Å²) in [5.41, 5.74) is -0.159. The Bertz CT molecular complexity index is 305. The van der Waals surface area contributed by atoms with Crippen molar-refractivity contribution in [3.8, 4) is 0 Å². The highest BCUT2D eigenvalue weighted by atomic mass is 31.1. The molecule has 0 amide bonds. The Hall–Kier alpha value is -0.170. The first-order valence-corrected chi connectivity index (χ1v) is 9.05. The number of ether oxygens (including phenoxy) is 1. The summed E-state index contributed by atoms with van der Waals surface area (Å²) >= 11 is 0. The SMILES string of the molecule is CCCCOP1C=CC(OC)(C2CCCCC2)C=C1. The van der Waals surface area contributed by atoms with Crippen molar-refractivity contribution >= 4 is 8.15 Å². The Balaban J connectivity index is 1.93. The summed E-state index contributed by atoms with van der Waals surface area (Å²) in [6.07, 6.45) is 13.5. The second-order valence-electron chi connectivity index (χ2n) is 5.57. The maximum absolute atomic E-state index is 5.88. The van der Waals surface area contributed by atoms with Crippen molar-refractivity contribution in [1.82, 2.24) is 0 Å². The fourth-order valence-electron chi connectivity index (χ4n) is 3.01. The van der Waals surface area contributed by atoms with E-state index in [2.05, 4.69) is 30.7 Å². The lowest BCUT2D eigenvalue weighted by molar-refractivity contribution is 0.00782. The second kappa shape index (κ2) is 7.57. The first-order chi connectivity index (χ1) is 9.30. The van der Waals surface area contributed by atoms with Crippen molar-refractivity contribution in [2.24, 2.45) is 5.92 Å². The van der Waals surface area contributed by atoms with Gasteiger partial charge in [0.25, 0.3) is 0 Å². The molecule has 0 N–H and O–H groups in total. The van der Waals surface area contributed by atoms with Gasteiger partial charge >= 0.3 is 0 Å². The van der Waals surface area contributed by atoms with E-state index < -0.39 is 8.15 Å². The lowest BCUT2D eigenvalue weighted by atomic mass is 9.76. The second-order valence-corrected chi connectivity index (χ2v) is 7.15. The van der Waals surface area contributed by atoms with Gasteiger partial charge in [0.1, 0.15) is 5.60 Å². The van der Waals surface area contributed by atoms with E-state index in [0.29, 0.717) is 5.92 Å². The van der Waals surface area contributed by atoms with Gasteiger partial charge in [-0.05, 0) is 49.0 Å². The number of hydrogen-bond donors (Lipinski definition) is 0.